The number of ether oxygens (including phenoxy) is 1. The minimum Gasteiger partial charge on any atom is -0.376 e. The van der Waals surface area contributed by atoms with Gasteiger partial charge in [0.1, 0.15) is 0 Å². The Morgan fingerprint density at radius 2 is 2.10 bits per heavy atom. The molecule has 1 rings (SSSR count). The number of hydrogen-bond acceptors (Lipinski definition) is 3. The lowest BCUT2D eigenvalue weighted by molar-refractivity contribution is 0.0472. The second kappa shape index (κ2) is 8.81. The van der Waals surface area contributed by atoms with Crippen LogP contribution in [0.15, 0.2) is 12.2 Å². The van der Waals surface area contributed by atoms with Crippen molar-refractivity contribution in [3.8, 4) is 0 Å². The molecule has 20 heavy (non-hydrogen) atoms. The molecule has 0 saturated carbocycles. The molecule has 3 nitrogen and oxygen atoms in total. The Balaban J connectivity index is 2.48. The highest BCUT2D eigenvalue weighted by Crippen LogP contribution is 2.19. The molecule has 0 aromatic rings. The Bertz CT molecular complexity index is 291. The molecule has 3 atom stereocenters. The number of nitrogens with zero attached hydrogens (tertiary/aromatic N) is 1. The van der Waals surface area contributed by atoms with E-state index in [1.165, 1.54) is 6.42 Å². The Morgan fingerprint density at radius 1 is 1.40 bits per heavy atom. The van der Waals surface area contributed by atoms with Crippen LogP contribution in [0.25, 0.3) is 0 Å². The van der Waals surface area contributed by atoms with Gasteiger partial charge in [0.05, 0.1) is 13.2 Å². The molecule has 0 spiro atoms. The molecular weight excluding hydrogens is 248 g/mol. The number of piperazine rings is 1. The molecule has 0 bridgehead atoms. The summed E-state index contributed by atoms with van der Waals surface area (Å²) in [5.41, 5.74) is 1.10. The SMILES string of the molecule is C=C(C)COCCN1CC(C(C)CC)NCC1C(C)C. The molecule has 0 radical (unpaired) electrons. The highest BCUT2D eigenvalue weighted by Gasteiger charge is 2.31. The Hall–Kier alpha value is -0.380. The van der Waals surface area contributed by atoms with Crippen molar-refractivity contribution in [2.75, 3.05) is 32.8 Å². The van der Waals surface area contributed by atoms with Gasteiger partial charge in [0.2, 0.25) is 0 Å². The largest absolute Gasteiger partial charge is 0.376 e. The van der Waals surface area contributed by atoms with Gasteiger partial charge >= 0.3 is 0 Å². The summed E-state index contributed by atoms with van der Waals surface area (Å²) in [6.07, 6.45) is 1.24. The van der Waals surface area contributed by atoms with Crippen molar-refractivity contribution in [1.82, 2.24) is 10.2 Å². The summed E-state index contributed by atoms with van der Waals surface area (Å²) in [5.74, 6) is 1.42. The topological polar surface area (TPSA) is 24.5 Å². The maximum absolute atomic E-state index is 5.69. The zero-order valence-electron chi connectivity index (χ0n) is 14.1. The first-order valence-corrected chi connectivity index (χ1v) is 8.15. The van der Waals surface area contributed by atoms with Crippen molar-refractivity contribution in [3.63, 3.8) is 0 Å². The smallest absolute Gasteiger partial charge is 0.0672 e. The van der Waals surface area contributed by atoms with Crippen molar-refractivity contribution in [3.05, 3.63) is 12.2 Å². The lowest BCUT2D eigenvalue weighted by Gasteiger charge is -2.44. The summed E-state index contributed by atoms with van der Waals surface area (Å²) in [4.78, 5) is 2.62. The summed E-state index contributed by atoms with van der Waals surface area (Å²) < 4.78 is 5.69. The Kier molecular flexibility index (Phi) is 7.78. The first kappa shape index (κ1) is 17.7. The highest BCUT2D eigenvalue weighted by molar-refractivity contribution is 4.90. The molecule has 0 aromatic heterocycles. The van der Waals surface area contributed by atoms with Crippen molar-refractivity contribution in [2.45, 2.75) is 53.1 Å². The lowest BCUT2D eigenvalue weighted by atomic mass is 9.92. The Morgan fingerprint density at radius 3 is 2.65 bits per heavy atom. The van der Waals surface area contributed by atoms with Crippen LogP contribution in [0.1, 0.15) is 41.0 Å². The van der Waals surface area contributed by atoms with Crippen LogP contribution in [-0.2, 0) is 4.74 Å². The predicted molar refractivity (Wildman–Crippen MR) is 87.1 cm³/mol. The average Bonchev–Trinajstić information content (AvgIpc) is 2.42. The zero-order valence-corrected chi connectivity index (χ0v) is 14.1. The van der Waals surface area contributed by atoms with Crippen LogP contribution in [0.4, 0.5) is 0 Å². The van der Waals surface area contributed by atoms with Gasteiger partial charge in [0.25, 0.3) is 0 Å². The molecule has 1 fully saturated rings. The van der Waals surface area contributed by atoms with Crippen LogP contribution in [-0.4, -0.2) is 49.8 Å². The first-order chi connectivity index (χ1) is 9.45. The van der Waals surface area contributed by atoms with Crippen LogP contribution in [0.2, 0.25) is 0 Å². The fraction of sp³-hybridized carbons (Fsp3) is 0.882. The van der Waals surface area contributed by atoms with Gasteiger partial charge < -0.3 is 10.1 Å². The van der Waals surface area contributed by atoms with Gasteiger partial charge in [-0.15, -0.1) is 0 Å². The third kappa shape index (κ3) is 5.55. The summed E-state index contributed by atoms with van der Waals surface area (Å²) in [6, 6.07) is 1.25. The van der Waals surface area contributed by atoms with E-state index in [0.717, 1.165) is 37.7 Å². The lowest BCUT2D eigenvalue weighted by Crippen LogP contribution is -2.60. The maximum atomic E-state index is 5.69. The van der Waals surface area contributed by atoms with E-state index in [0.29, 0.717) is 24.6 Å². The molecule has 1 heterocycles. The van der Waals surface area contributed by atoms with Crippen molar-refractivity contribution in [1.29, 1.82) is 0 Å². The van der Waals surface area contributed by atoms with Gasteiger partial charge in [-0.2, -0.15) is 0 Å². The van der Waals surface area contributed by atoms with E-state index in [2.05, 4.69) is 44.5 Å². The van der Waals surface area contributed by atoms with Gasteiger partial charge in [-0.3, -0.25) is 4.90 Å². The van der Waals surface area contributed by atoms with E-state index in [1.807, 2.05) is 6.92 Å². The zero-order chi connectivity index (χ0) is 15.1. The normalized spacial score (nSPS) is 25.9. The molecule has 3 heteroatoms. The molecule has 1 aliphatic rings. The van der Waals surface area contributed by atoms with Crippen LogP contribution in [0, 0.1) is 11.8 Å². The summed E-state index contributed by atoms with van der Waals surface area (Å²) in [7, 11) is 0. The number of hydrogen-bond donors (Lipinski definition) is 1. The fourth-order valence-corrected chi connectivity index (χ4v) is 2.86. The van der Waals surface area contributed by atoms with E-state index in [4.69, 9.17) is 4.74 Å². The standard InChI is InChI=1S/C17H34N2O/c1-7-15(6)16-11-19(8-9-20-12-13(2)3)17(10-18-16)14(4)5/h14-18H,2,7-12H2,1,3-6H3. The fourth-order valence-electron chi connectivity index (χ4n) is 2.86. The van der Waals surface area contributed by atoms with Gasteiger partial charge in [-0.05, 0) is 18.8 Å². The number of rotatable bonds is 8. The Labute approximate surface area is 125 Å². The minimum absolute atomic E-state index is 0.621. The minimum atomic E-state index is 0.621. The van der Waals surface area contributed by atoms with Crippen molar-refractivity contribution < 1.29 is 4.74 Å². The molecule has 0 amide bonds. The summed E-state index contributed by atoms with van der Waals surface area (Å²) >= 11 is 0. The molecule has 3 unspecified atom stereocenters. The molecule has 118 valence electrons. The van der Waals surface area contributed by atoms with E-state index in [1.54, 1.807) is 0 Å². The number of nitrogens with one attached hydrogen (secondary N) is 1. The van der Waals surface area contributed by atoms with Crippen LogP contribution in [0.3, 0.4) is 0 Å². The second-order valence-corrected chi connectivity index (χ2v) is 6.72. The summed E-state index contributed by atoms with van der Waals surface area (Å²) in [5, 5.41) is 3.74. The molecule has 0 aromatic carbocycles. The molecule has 1 aliphatic heterocycles. The van der Waals surface area contributed by atoms with Gasteiger partial charge in [0, 0.05) is 31.7 Å². The van der Waals surface area contributed by atoms with E-state index in [-0.39, 0.29) is 0 Å². The average molecular weight is 282 g/mol. The highest BCUT2D eigenvalue weighted by atomic mass is 16.5. The van der Waals surface area contributed by atoms with Crippen molar-refractivity contribution >= 4 is 0 Å². The van der Waals surface area contributed by atoms with E-state index >= 15 is 0 Å². The molecule has 0 aliphatic carbocycles. The monoisotopic (exact) mass is 282 g/mol. The van der Waals surface area contributed by atoms with Crippen LogP contribution >= 0.6 is 0 Å². The van der Waals surface area contributed by atoms with E-state index in [9.17, 15) is 0 Å². The van der Waals surface area contributed by atoms with E-state index < -0.39 is 0 Å². The molecule has 1 N–H and O–H groups in total. The van der Waals surface area contributed by atoms with Crippen molar-refractivity contribution in [2.24, 2.45) is 11.8 Å². The predicted octanol–water partition coefficient (Wildman–Crippen LogP) is 2.92. The van der Waals surface area contributed by atoms with Gasteiger partial charge in [-0.1, -0.05) is 46.3 Å². The molecule has 1 saturated heterocycles. The van der Waals surface area contributed by atoms with Gasteiger partial charge in [0.15, 0.2) is 0 Å². The third-order valence-corrected chi connectivity index (χ3v) is 4.46. The molecular formula is C17H34N2O. The second-order valence-electron chi connectivity index (χ2n) is 6.72. The maximum Gasteiger partial charge on any atom is 0.0672 e. The van der Waals surface area contributed by atoms with Crippen LogP contribution in [0.5, 0.6) is 0 Å². The van der Waals surface area contributed by atoms with Crippen LogP contribution < -0.4 is 5.32 Å². The van der Waals surface area contributed by atoms with Gasteiger partial charge in [-0.25, -0.2) is 0 Å². The summed E-state index contributed by atoms with van der Waals surface area (Å²) in [6.45, 7) is 19.9. The third-order valence-electron chi connectivity index (χ3n) is 4.46. The quantitative estimate of drug-likeness (QED) is 0.547. The first-order valence-electron chi connectivity index (χ1n) is 8.15.